The van der Waals surface area contributed by atoms with Crippen molar-refractivity contribution < 1.29 is 14.5 Å². The zero-order chi connectivity index (χ0) is 13.7. The molecule has 1 aromatic carbocycles. The van der Waals surface area contributed by atoms with Crippen LogP contribution in [0.5, 0.6) is 5.75 Å². The van der Waals surface area contributed by atoms with Crippen molar-refractivity contribution >= 4 is 5.69 Å². The molecule has 0 amide bonds. The van der Waals surface area contributed by atoms with Crippen molar-refractivity contribution in [3.63, 3.8) is 0 Å². The van der Waals surface area contributed by atoms with Crippen LogP contribution in [0.2, 0.25) is 0 Å². The van der Waals surface area contributed by atoms with Crippen molar-refractivity contribution in [2.75, 3.05) is 7.11 Å². The van der Waals surface area contributed by atoms with E-state index in [2.05, 4.69) is 5.48 Å². The molecule has 0 heterocycles. The van der Waals surface area contributed by atoms with Gasteiger partial charge in [-0.3, -0.25) is 15.0 Å². The highest BCUT2D eigenvalue weighted by molar-refractivity contribution is 5.42. The van der Waals surface area contributed by atoms with E-state index < -0.39 is 4.92 Å². The number of nitrogens with zero attached hydrogens (tertiary/aromatic N) is 1. The van der Waals surface area contributed by atoms with Gasteiger partial charge in [0.05, 0.1) is 24.2 Å². The molecule has 19 heavy (non-hydrogen) atoms. The van der Waals surface area contributed by atoms with Crippen molar-refractivity contribution in [1.82, 2.24) is 5.48 Å². The molecule has 6 nitrogen and oxygen atoms in total. The molecule has 1 fully saturated rings. The van der Waals surface area contributed by atoms with Gasteiger partial charge in [-0.2, -0.15) is 5.48 Å². The molecule has 0 bridgehead atoms. The topological polar surface area (TPSA) is 73.6 Å². The third-order valence-corrected chi connectivity index (χ3v) is 3.23. The van der Waals surface area contributed by atoms with Gasteiger partial charge in [-0.25, -0.2) is 0 Å². The van der Waals surface area contributed by atoms with Gasteiger partial charge >= 0.3 is 0 Å². The maximum absolute atomic E-state index is 10.8. The maximum Gasteiger partial charge on any atom is 0.273 e. The molecule has 6 heteroatoms. The number of nitrogens with one attached hydrogen (secondary N) is 1. The average molecular weight is 266 g/mol. The molecule has 0 radical (unpaired) electrons. The van der Waals surface area contributed by atoms with Gasteiger partial charge in [-0.1, -0.05) is 12.8 Å². The molecule has 2 rings (SSSR count). The van der Waals surface area contributed by atoms with E-state index in [-0.39, 0.29) is 11.8 Å². The standard InChI is InChI=1S/C13H18N2O4/c1-18-13-7-10(6-11(8-13)15(16)17)9-14-19-12-4-2-3-5-12/h6-8,12,14H,2-5,9H2,1H3. The summed E-state index contributed by atoms with van der Waals surface area (Å²) in [6, 6.07) is 4.69. The molecule has 1 aromatic rings. The Morgan fingerprint density at radius 3 is 2.74 bits per heavy atom. The van der Waals surface area contributed by atoms with Crippen LogP contribution in [0.25, 0.3) is 0 Å². The third kappa shape index (κ3) is 3.90. The smallest absolute Gasteiger partial charge is 0.273 e. The molecule has 1 saturated carbocycles. The highest BCUT2D eigenvalue weighted by Crippen LogP contribution is 2.23. The monoisotopic (exact) mass is 266 g/mol. The summed E-state index contributed by atoms with van der Waals surface area (Å²) in [6.07, 6.45) is 4.82. The minimum atomic E-state index is -0.427. The number of hydrogen-bond donors (Lipinski definition) is 1. The largest absolute Gasteiger partial charge is 0.496 e. The van der Waals surface area contributed by atoms with Gasteiger partial charge in [0.1, 0.15) is 5.75 Å². The molecule has 0 aromatic heterocycles. The Kier molecular flexibility index (Phi) is 4.70. The molecule has 0 spiro atoms. The fourth-order valence-corrected chi connectivity index (χ4v) is 2.22. The molecule has 1 N–H and O–H groups in total. The first kappa shape index (κ1) is 13.8. The zero-order valence-corrected chi connectivity index (χ0v) is 10.9. The van der Waals surface area contributed by atoms with Gasteiger partial charge in [-0.05, 0) is 24.5 Å². The second kappa shape index (κ2) is 6.49. The highest BCUT2D eigenvalue weighted by atomic mass is 16.7. The normalized spacial score (nSPS) is 15.6. The first-order valence-corrected chi connectivity index (χ1v) is 6.40. The lowest BCUT2D eigenvalue weighted by Gasteiger charge is -2.12. The Labute approximate surface area is 111 Å². The van der Waals surface area contributed by atoms with Crippen LogP contribution >= 0.6 is 0 Å². The zero-order valence-electron chi connectivity index (χ0n) is 10.9. The van der Waals surface area contributed by atoms with Crippen molar-refractivity contribution in [2.45, 2.75) is 38.3 Å². The molecular formula is C13H18N2O4. The summed E-state index contributed by atoms with van der Waals surface area (Å²) >= 11 is 0. The van der Waals surface area contributed by atoms with E-state index in [1.54, 1.807) is 6.07 Å². The van der Waals surface area contributed by atoms with Gasteiger partial charge in [0.25, 0.3) is 5.69 Å². The second-order valence-electron chi connectivity index (χ2n) is 4.64. The number of benzene rings is 1. The molecule has 1 aliphatic rings. The number of hydrogen-bond acceptors (Lipinski definition) is 5. The van der Waals surface area contributed by atoms with Crippen LogP contribution in [-0.2, 0) is 11.4 Å². The van der Waals surface area contributed by atoms with E-state index >= 15 is 0 Å². The lowest BCUT2D eigenvalue weighted by atomic mass is 10.2. The number of ether oxygens (including phenoxy) is 1. The Morgan fingerprint density at radius 1 is 1.37 bits per heavy atom. The first-order valence-electron chi connectivity index (χ1n) is 6.40. The molecular weight excluding hydrogens is 248 g/mol. The van der Waals surface area contributed by atoms with E-state index in [1.165, 1.54) is 32.1 Å². The predicted molar refractivity (Wildman–Crippen MR) is 69.8 cm³/mol. The van der Waals surface area contributed by atoms with E-state index in [0.29, 0.717) is 12.3 Å². The molecule has 104 valence electrons. The highest BCUT2D eigenvalue weighted by Gasteiger charge is 2.16. The van der Waals surface area contributed by atoms with Crippen LogP contribution in [0.4, 0.5) is 5.69 Å². The summed E-state index contributed by atoms with van der Waals surface area (Å²) < 4.78 is 5.05. The van der Waals surface area contributed by atoms with Crippen LogP contribution in [0.15, 0.2) is 18.2 Å². The number of hydroxylamine groups is 1. The van der Waals surface area contributed by atoms with E-state index in [4.69, 9.17) is 9.57 Å². The lowest BCUT2D eigenvalue weighted by molar-refractivity contribution is -0.385. The minimum Gasteiger partial charge on any atom is -0.496 e. The minimum absolute atomic E-state index is 0.0250. The van der Waals surface area contributed by atoms with Gasteiger partial charge in [0, 0.05) is 12.6 Å². The van der Waals surface area contributed by atoms with E-state index in [9.17, 15) is 10.1 Å². The summed E-state index contributed by atoms with van der Waals surface area (Å²) in [4.78, 5) is 15.9. The maximum atomic E-state index is 10.8. The number of methoxy groups -OCH3 is 1. The fourth-order valence-electron chi connectivity index (χ4n) is 2.22. The van der Waals surface area contributed by atoms with Crippen LogP contribution in [0.1, 0.15) is 31.2 Å². The van der Waals surface area contributed by atoms with Crippen LogP contribution in [0.3, 0.4) is 0 Å². The number of rotatable bonds is 6. The van der Waals surface area contributed by atoms with E-state index in [0.717, 1.165) is 18.4 Å². The summed E-state index contributed by atoms with van der Waals surface area (Å²) in [5.41, 5.74) is 3.68. The van der Waals surface area contributed by atoms with Crippen LogP contribution < -0.4 is 10.2 Å². The van der Waals surface area contributed by atoms with Crippen LogP contribution in [-0.4, -0.2) is 18.1 Å². The molecule has 1 aliphatic carbocycles. The Bertz CT molecular complexity index is 444. The van der Waals surface area contributed by atoms with Gasteiger partial charge in [-0.15, -0.1) is 0 Å². The number of non-ortho nitro benzene ring substituents is 1. The second-order valence-corrected chi connectivity index (χ2v) is 4.64. The Hall–Kier alpha value is -1.66. The van der Waals surface area contributed by atoms with Gasteiger partial charge in [0.2, 0.25) is 0 Å². The van der Waals surface area contributed by atoms with E-state index in [1.807, 2.05) is 0 Å². The average Bonchev–Trinajstić information content (AvgIpc) is 2.91. The molecule has 0 aliphatic heterocycles. The van der Waals surface area contributed by atoms with Crippen molar-refractivity contribution in [3.05, 3.63) is 33.9 Å². The molecule has 0 atom stereocenters. The summed E-state index contributed by atoms with van der Waals surface area (Å²) in [6.45, 7) is 0.425. The summed E-state index contributed by atoms with van der Waals surface area (Å²) in [5.74, 6) is 0.479. The van der Waals surface area contributed by atoms with Gasteiger partial charge in [0.15, 0.2) is 0 Å². The number of nitro benzene ring substituents is 1. The third-order valence-electron chi connectivity index (χ3n) is 3.23. The molecule has 0 unspecified atom stereocenters. The van der Waals surface area contributed by atoms with Crippen LogP contribution in [0, 0.1) is 10.1 Å². The quantitative estimate of drug-likeness (QED) is 0.632. The SMILES string of the molecule is COc1cc(CNOC2CCCC2)cc([N+](=O)[O-])c1. The van der Waals surface area contributed by atoms with Crippen molar-refractivity contribution in [1.29, 1.82) is 0 Å². The lowest BCUT2D eigenvalue weighted by Crippen LogP contribution is -2.21. The number of nitro groups is 1. The van der Waals surface area contributed by atoms with Gasteiger partial charge < -0.3 is 4.74 Å². The summed E-state index contributed by atoms with van der Waals surface area (Å²) in [5, 5.41) is 10.8. The fraction of sp³-hybridized carbons (Fsp3) is 0.538. The summed E-state index contributed by atoms with van der Waals surface area (Å²) in [7, 11) is 1.49. The Balaban J connectivity index is 1.94. The van der Waals surface area contributed by atoms with Crippen molar-refractivity contribution in [2.24, 2.45) is 0 Å². The van der Waals surface area contributed by atoms with Crippen molar-refractivity contribution in [3.8, 4) is 5.75 Å². The first-order chi connectivity index (χ1) is 9.19. The predicted octanol–water partition coefficient (Wildman–Crippen LogP) is 2.57. The Morgan fingerprint density at radius 2 is 2.11 bits per heavy atom. The molecule has 0 saturated heterocycles.